The summed E-state index contributed by atoms with van der Waals surface area (Å²) in [5, 5.41) is 6.40. The Morgan fingerprint density at radius 3 is 2.59 bits per heavy atom. The van der Waals surface area contributed by atoms with Crippen molar-refractivity contribution >= 4 is 28.5 Å². The fourth-order valence-electron chi connectivity index (χ4n) is 4.29. The number of hydrogen-bond donors (Lipinski definition) is 2. The van der Waals surface area contributed by atoms with Gasteiger partial charge in [0.25, 0.3) is 11.8 Å². The molecule has 1 fully saturated rings. The number of ketones is 1. The van der Waals surface area contributed by atoms with Crippen molar-refractivity contribution < 1.29 is 14.4 Å². The van der Waals surface area contributed by atoms with E-state index in [1.165, 1.54) is 0 Å². The number of amides is 2. The van der Waals surface area contributed by atoms with E-state index in [4.69, 9.17) is 0 Å². The Morgan fingerprint density at radius 1 is 1.00 bits per heavy atom. The fourth-order valence-corrected chi connectivity index (χ4v) is 4.29. The van der Waals surface area contributed by atoms with Crippen molar-refractivity contribution in [3.8, 4) is 0 Å². The van der Waals surface area contributed by atoms with E-state index in [-0.39, 0.29) is 12.5 Å². The fraction of sp³-hybridized carbons (Fsp3) is 0.259. The number of pyridine rings is 1. The number of Topliss-reactive ketones (excluding diaryl/α,β-unsaturated/α-hetero) is 1. The van der Waals surface area contributed by atoms with Crippen LogP contribution in [0.5, 0.6) is 0 Å². The molecule has 0 aliphatic carbocycles. The molecule has 1 unspecified atom stereocenters. The molecule has 1 atom stereocenters. The van der Waals surface area contributed by atoms with Crippen molar-refractivity contribution in [1.82, 2.24) is 20.5 Å². The van der Waals surface area contributed by atoms with Gasteiger partial charge >= 0.3 is 0 Å². The molecule has 4 rings (SSSR count). The van der Waals surface area contributed by atoms with Crippen LogP contribution in [-0.2, 0) is 16.0 Å². The molecule has 0 radical (unpaired) electrons. The maximum absolute atomic E-state index is 12.8. The molecule has 34 heavy (non-hydrogen) atoms. The Labute approximate surface area is 198 Å². The second-order valence-corrected chi connectivity index (χ2v) is 8.33. The molecule has 1 saturated heterocycles. The van der Waals surface area contributed by atoms with Gasteiger partial charge in [0.15, 0.2) is 0 Å². The van der Waals surface area contributed by atoms with Crippen molar-refractivity contribution in [3.05, 3.63) is 90.3 Å². The van der Waals surface area contributed by atoms with E-state index in [9.17, 15) is 14.4 Å². The predicted molar refractivity (Wildman–Crippen MR) is 131 cm³/mol. The van der Waals surface area contributed by atoms with Crippen molar-refractivity contribution in [2.45, 2.75) is 25.3 Å². The van der Waals surface area contributed by atoms with Gasteiger partial charge in [-0.15, -0.1) is 0 Å². The number of carbonyl (C=O) groups excluding carboxylic acids is 3. The zero-order valence-corrected chi connectivity index (χ0v) is 19.0. The smallest absolute Gasteiger partial charge is 0.289 e. The molecule has 0 spiro atoms. The first-order valence-electron chi connectivity index (χ1n) is 11.5. The minimum atomic E-state index is -0.576. The summed E-state index contributed by atoms with van der Waals surface area (Å²) >= 11 is 0. The molecule has 2 aromatic carbocycles. The zero-order valence-electron chi connectivity index (χ0n) is 19.0. The molecule has 1 aliphatic rings. The Kier molecular flexibility index (Phi) is 7.32. The number of hydrogen-bond acceptors (Lipinski definition) is 5. The lowest BCUT2D eigenvalue weighted by Gasteiger charge is -2.27. The molecule has 0 bridgehead atoms. The number of carbonyl (C=O) groups is 3. The highest BCUT2D eigenvalue weighted by Gasteiger charge is 2.35. The van der Waals surface area contributed by atoms with Crippen molar-refractivity contribution in [1.29, 1.82) is 0 Å². The van der Waals surface area contributed by atoms with E-state index in [0.29, 0.717) is 37.2 Å². The molecule has 7 nitrogen and oxygen atoms in total. The first kappa shape index (κ1) is 23.2. The third-order valence-electron chi connectivity index (χ3n) is 6.07. The number of aromatic nitrogens is 1. The van der Waals surface area contributed by atoms with E-state index in [1.807, 2.05) is 59.5 Å². The number of benzene rings is 2. The number of nitrogens with one attached hydrogen (secondary N) is 2. The van der Waals surface area contributed by atoms with Crippen LogP contribution in [0.2, 0.25) is 0 Å². The number of fused-ring (bicyclic) bond motifs is 1. The molecule has 2 heterocycles. The van der Waals surface area contributed by atoms with Gasteiger partial charge in [0, 0.05) is 30.4 Å². The third kappa shape index (κ3) is 5.31. The molecule has 2 amide bonds. The molecule has 2 N–H and O–H groups in total. The lowest BCUT2D eigenvalue weighted by molar-refractivity contribution is -0.140. The molecule has 7 heteroatoms. The second kappa shape index (κ2) is 10.7. The Bertz CT molecular complexity index is 1200. The van der Waals surface area contributed by atoms with Crippen molar-refractivity contribution in [2.24, 2.45) is 0 Å². The van der Waals surface area contributed by atoms with Gasteiger partial charge in [0.1, 0.15) is 0 Å². The highest BCUT2D eigenvalue weighted by Crippen LogP contribution is 2.22. The monoisotopic (exact) mass is 456 g/mol. The van der Waals surface area contributed by atoms with E-state index in [0.717, 1.165) is 22.9 Å². The van der Waals surface area contributed by atoms with Gasteiger partial charge in [-0.05, 0) is 37.0 Å². The third-order valence-corrected chi connectivity index (χ3v) is 6.07. The molecule has 0 saturated carbocycles. The molecular weight excluding hydrogens is 428 g/mol. The van der Waals surface area contributed by atoms with Crippen molar-refractivity contribution in [3.63, 3.8) is 0 Å². The maximum atomic E-state index is 12.8. The number of para-hydroxylation sites is 1. The van der Waals surface area contributed by atoms with Gasteiger partial charge in [-0.25, -0.2) is 0 Å². The lowest BCUT2D eigenvalue weighted by Crippen LogP contribution is -2.45. The summed E-state index contributed by atoms with van der Waals surface area (Å²) in [6, 6.07) is 18.4. The molecule has 174 valence electrons. The van der Waals surface area contributed by atoms with Gasteiger partial charge in [-0.3, -0.25) is 19.4 Å². The van der Waals surface area contributed by atoms with Crippen LogP contribution in [-0.4, -0.2) is 53.2 Å². The summed E-state index contributed by atoms with van der Waals surface area (Å²) in [5.41, 5.74) is 2.99. The average molecular weight is 457 g/mol. The highest BCUT2D eigenvalue weighted by molar-refractivity contribution is 6.38. The van der Waals surface area contributed by atoms with E-state index < -0.39 is 17.7 Å². The largest absolute Gasteiger partial charge is 0.363 e. The second-order valence-electron chi connectivity index (χ2n) is 8.33. The van der Waals surface area contributed by atoms with Crippen LogP contribution >= 0.6 is 0 Å². The van der Waals surface area contributed by atoms with Gasteiger partial charge < -0.3 is 15.5 Å². The summed E-state index contributed by atoms with van der Waals surface area (Å²) in [4.78, 5) is 44.2. The molecular formula is C27H28N4O3. The summed E-state index contributed by atoms with van der Waals surface area (Å²) in [5.74, 6) is -1.27. The highest BCUT2D eigenvalue weighted by atomic mass is 16.2. The average Bonchev–Trinajstić information content (AvgIpc) is 3.37. The van der Waals surface area contributed by atoms with Gasteiger partial charge in [-0.2, -0.15) is 0 Å². The number of likely N-dealkylation sites (tertiary alicyclic amines) is 1. The minimum absolute atomic E-state index is 0.189. The molecule has 3 aromatic rings. The quantitative estimate of drug-likeness (QED) is 0.483. The standard InChI is InChI=1S/C27H28N4O3/c1-19(18-30-26(33)22-14-16-28-23-11-6-5-10-21(22)23)31-17-7-12-24(31)25(32)27(34)29-15-13-20-8-3-2-4-9-20/h2-6,8-11,14,16,24H,1,7,12-13,15,17-18H2,(H,29,34)(H,30,33). The lowest BCUT2D eigenvalue weighted by atomic mass is 10.1. The van der Waals surface area contributed by atoms with E-state index in [1.54, 1.807) is 12.3 Å². The number of rotatable bonds is 9. The Hall–Kier alpha value is -4.00. The van der Waals surface area contributed by atoms with Crippen LogP contribution in [0.4, 0.5) is 0 Å². The van der Waals surface area contributed by atoms with Crippen molar-refractivity contribution in [2.75, 3.05) is 19.6 Å². The summed E-state index contributed by atoms with van der Waals surface area (Å²) in [7, 11) is 0. The van der Waals surface area contributed by atoms with Crippen LogP contribution < -0.4 is 10.6 Å². The maximum Gasteiger partial charge on any atom is 0.289 e. The SMILES string of the molecule is C=C(CNC(=O)c1ccnc2ccccc12)N1CCCC1C(=O)C(=O)NCCc1ccccc1. The summed E-state index contributed by atoms with van der Waals surface area (Å²) < 4.78 is 0. The Balaban J connectivity index is 1.31. The summed E-state index contributed by atoms with van der Waals surface area (Å²) in [6.45, 7) is 5.29. The van der Waals surface area contributed by atoms with Gasteiger partial charge in [-0.1, -0.05) is 55.1 Å². The van der Waals surface area contributed by atoms with Gasteiger partial charge in [0.05, 0.1) is 23.7 Å². The topological polar surface area (TPSA) is 91.4 Å². The summed E-state index contributed by atoms with van der Waals surface area (Å²) in [6.07, 6.45) is 3.65. The van der Waals surface area contributed by atoms with E-state index in [2.05, 4.69) is 22.2 Å². The molecule has 1 aliphatic heterocycles. The number of nitrogens with zero attached hydrogens (tertiary/aromatic N) is 2. The first-order chi connectivity index (χ1) is 16.5. The van der Waals surface area contributed by atoms with Crippen LogP contribution in [0.15, 0.2) is 79.1 Å². The minimum Gasteiger partial charge on any atom is -0.363 e. The Morgan fingerprint density at radius 2 is 1.76 bits per heavy atom. The van der Waals surface area contributed by atoms with Crippen LogP contribution in [0.25, 0.3) is 10.9 Å². The normalized spacial score (nSPS) is 15.2. The van der Waals surface area contributed by atoms with E-state index >= 15 is 0 Å². The first-order valence-corrected chi connectivity index (χ1v) is 11.5. The van der Waals surface area contributed by atoms with Crippen LogP contribution in [0, 0.1) is 0 Å². The van der Waals surface area contributed by atoms with Crippen LogP contribution in [0.3, 0.4) is 0 Å². The molecule has 1 aromatic heterocycles. The van der Waals surface area contributed by atoms with Gasteiger partial charge in [0.2, 0.25) is 5.78 Å². The zero-order chi connectivity index (χ0) is 23.9. The van der Waals surface area contributed by atoms with Crippen LogP contribution in [0.1, 0.15) is 28.8 Å². The predicted octanol–water partition coefficient (Wildman–Crippen LogP) is 2.87.